The number of nitrogens with one attached hydrogen (secondary N) is 1. The SMILES string of the molecule is CC(C)c1cc(C2CCN(C(=O)OC(C)(C)C)CC2)[nH]n1. The molecular formula is C16H27N3O2. The fourth-order valence-electron chi connectivity index (χ4n) is 2.56. The van der Waals surface area contributed by atoms with E-state index in [1.54, 1.807) is 0 Å². The van der Waals surface area contributed by atoms with Gasteiger partial charge in [0.1, 0.15) is 5.60 Å². The Morgan fingerprint density at radius 3 is 2.48 bits per heavy atom. The minimum Gasteiger partial charge on any atom is -0.444 e. The van der Waals surface area contributed by atoms with Gasteiger partial charge in [0.15, 0.2) is 0 Å². The Morgan fingerprint density at radius 1 is 1.38 bits per heavy atom. The molecule has 118 valence electrons. The van der Waals surface area contributed by atoms with Crippen molar-refractivity contribution in [2.24, 2.45) is 0 Å². The van der Waals surface area contributed by atoms with Crippen LogP contribution in [0.25, 0.3) is 0 Å². The Kier molecular flexibility index (Phi) is 4.59. The van der Waals surface area contributed by atoms with Crippen molar-refractivity contribution in [2.75, 3.05) is 13.1 Å². The van der Waals surface area contributed by atoms with Crippen LogP contribution in [-0.2, 0) is 4.74 Å². The third-order valence-electron chi connectivity index (χ3n) is 3.80. The highest BCUT2D eigenvalue weighted by molar-refractivity contribution is 5.68. The maximum absolute atomic E-state index is 12.0. The first-order valence-electron chi connectivity index (χ1n) is 7.79. The van der Waals surface area contributed by atoms with Crippen LogP contribution in [0.5, 0.6) is 0 Å². The number of aromatic nitrogens is 2. The van der Waals surface area contributed by atoms with Crippen LogP contribution in [0.1, 0.15) is 70.7 Å². The number of hydrogen-bond acceptors (Lipinski definition) is 3. The lowest BCUT2D eigenvalue weighted by molar-refractivity contribution is 0.0204. The summed E-state index contributed by atoms with van der Waals surface area (Å²) in [6, 6.07) is 2.17. The largest absolute Gasteiger partial charge is 0.444 e. The minimum absolute atomic E-state index is 0.201. The molecule has 1 saturated heterocycles. The van der Waals surface area contributed by atoms with Crippen molar-refractivity contribution in [3.05, 3.63) is 17.5 Å². The standard InChI is InChI=1S/C16H27N3O2/c1-11(2)13-10-14(18-17-13)12-6-8-19(9-7-12)15(20)21-16(3,4)5/h10-12H,6-9H2,1-5H3,(H,17,18). The third kappa shape index (κ3) is 4.22. The van der Waals surface area contributed by atoms with Gasteiger partial charge in [-0.15, -0.1) is 0 Å². The lowest BCUT2D eigenvalue weighted by Crippen LogP contribution is -2.41. The maximum Gasteiger partial charge on any atom is 0.410 e. The van der Waals surface area contributed by atoms with E-state index in [2.05, 4.69) is 30.1 Å². The van der Waals surface area contributed by atoms with E-state index < -0.39 is 5.60 Å². The van der Waals surface area contributed by atoms with Gasteiger partial charge in [-0.3, -0.25) is 5.10 Å². The second-order valence-electron chi connectivity index (χ2n) is 7.14. The van der Waals surface area contributed by atoms with Crippen molar-refractivity contribution in [3.63, 3.8) is 0 Å². The summed E-state index contributed by atoms with van der Waals surface area (Å²) in [4.78, 5) is 13.8. The summed E-state index contributed by atoms with van der Waals surface area (Å²) in [6.45, 7) is 11.5. The van der Waals surface area contributed by atoms with Crippen LogP contribution in [-0.4, -0.2) is 39.9 Å². The summed E-state index contributed by atoms with van der Waals surface area (Å²) in [5.41, 5.74) is 1.88. The molecule has 1 fully saturated rings. The van der Waals surface area contributed by atoms with Crippen molar-refractivity contribution in [3.8, 4) is 0 Å². The first-order chi connectivity index (χ1) is 9.76. The molecule has 1 amide bonds. The fourth-order valence-corrected chi connectivity index (χ4v) is 2.56. The molecule has 0 aliphatic carbocycles. The van der Waals surface area contributed by atoms with Gasteiger partial charge in [-0.2, -0.15) is 5.10 Å². The summed E-state index contributed by atoms with van der Waals surface area (Å²) >= 11 is 0. The van der Waals surface area contributed by atoms with Gasteiger partial charge in [0.05, 0.1) is 5.69 Å². The summed E-state index contributed by atoms with van der Waals surface area (Å²) in [6.07, 6.45) is 1.71. The quantitative estimate of drug-likeness (QED) is 0.905. The molecule has 1 aliphatic rings. The van der Waals surface area contributed by atoms with Gasteiger partial charge < -0.3 is 9.64 Å². The zero-order valence-electron chi connectivity index (χ0n) is 13.8. The molecule has 0 radical (unpaired) electrons. The Morgan fingerprint density at radius 2 is 2.00 bits per heavy atom. The van der Waals surface area contributed by atoms with Crippen molar-refractivity contribution in [2.45, 2.75) is 64.9 Å². The molecule has 1 aromatic heterocycles. The third-order valence-corrected chi connectivity index (χ3v) is 3.80. The lowest BCUT2D eigenvalue weighted by atomic mass is 9.93. The number of nitrogens with zero attached hydrogens (tertiary/aromatic N) is 2. The number of hydrogen-bond donors (Lipinski definition) is 1. The number of aromatic amines is 1. The van der Waals surface area contributed by atoms with Gasteiger partial charge in [-0.25, -0.2) is 4.79 Å². The molecule has 0 atom stereocenters. The highest BCUT2D eigenvalue weighted by Crippen LogP contribution is 2.28. The van der Waals surface area contributed by atoms with Crippen LogP contribution in [0.3, 0.4) is 0 Å². The predicted octanol–water partition coefficient (Wildman–Crippen LogP) is 3.65. The number of amides is 1. The number of piperidine rings is 1. The molecule has 1 aromatic rings. The van der Waals surface area contributed by atoms with Crippen molar-refractivity contribution in [1.82, 2.24) is 15.1 Å². The Balaban J connectivity index is 1.89. The molecule has 0 aromatic carbocycles. The van der Waals surface area contributed by atoms with E-state index in [1.165, 1.54) is 5.69 Å². The van der Waals surface area contributed by atoms with Gasteiger partial charge in [-0.1, -0.05) is 13.8 Å². The number of H-pyrrole nitrogens is 1. The van der Waals surface area contributed by atoms with Crippen LogP contribution >= 0.6 is 0 Å². The number of carbonyl (C=O) groups excluding carboxylic acids is 1. The summed E-state index contributed by atoms with van der Waals surface area (Å²) in [5.74, 6) is 0.903. The molecular weight excluding hydrogens is 266 g/mol. The average Bonchev–Trinajstić information content (AvgIpc) is 2.86. The second kappa shape index (κ2) is 6.08. The van der Waals surface area contributed by atoms with Gasteiger partial charge in [0.2, 0.25) is 0 Å². The molecule has 21 heavy (non-hydrogen) atoms. The Labute approximate surface area is 127 Å². The topological polar surface area (TPSA) is 58.2 Å². The second-order valence-corrected chi connectivity index (χ2v) is 7.14. The van der Waals surface area contributed by atoms with Gasteiger partial charge in [-0.05, 0) is 45.6 Å². The van der Waals surface area contributed by atoms with Gasteiger partial charge in [0, 0.05) is 24.7 Å². The molecule has 0 spiro atoms. The van der Waals surface area contributed by atoms with Crippen LogP contribution < -0.4 is 0 Å². The summed E-state index contributed by atoms with van der Waals surface area (Å²) in [5, 5.41) is 7.52. The normalized spacial score (nSPS) is 17.3. The number of ether oxygens (including phenoxy) is 1. The van der Waals surface area contributed by atoms with E-state index in [0.29, 0.717) is 11.8 Å². The van der Waals surface area contributed by atoms with Gasteiger partial charge in [0.25, 0.3) is 0 Å². The van der Waals surface area contributed by atoms with E-state index in [-0.39, 0.29) is 6.09 Å². The smallest absolute Gasteiger partial charge is 0.410 e. The van der Waals surface area contributed by atoms with Crippen molar-refractivity contribution < 1.29 is 9.53 Å². The van der Waals surface area contributed by atoms with Crippen LogP contribution in [0.2, 0.25) is 0 Å². The molecule has 2 rings (SSSR count). The molecule has 2 heterocycles. The molecule has 0 bridgehead atoms. The predicted molar refractivity (Wildman–Crippen MR) is 82.5 cm³/mol. The Hall–Kier alpha value is -1.52. The van der Waals surface area contributed by atoms with Crippen LogP contribution in [0.15, 0.2) is 6.07 Å². The maximum atomic E-state index is 12.0. The molecule has 0 unspecified atom stereocenters. The molecule has 1 aliphatic heterocycles. The summed E-state index contributed by atoms with van der Waals surface area (Å²) in [7, 11) is 0. The van der Waals surface area contributed by atoms with Crippen LogP contribution in [0, 0.1) is 0 Å². The molecule has 5 nitrogen and oxygen atoms in total. The van der Waals surface area contributed by atoms with Crippen LogP contribution in [0.4, 0.5) is 4.79 Å². The molecule has 0 saturated carbocycles. The van der Waals surface area contributed by atoms with Crippen molar-refractivity contribution >= 4 is 6.09 Å². The summed E-state index contributed by atoms with van der Waals surface area (Å²) < 4.78 is 5.42. The van der Waals surface area contributed by atoms with E-state index in [0.717, 1.165) is 31.6 Å². The number of carbonyl (C=O) groups is 1. The average molecular weight is 293 g/mol. The van der Waals surface area contributed by atoms with Crippen molar-refractivity contribution in [1.29, 1.82) is 0 Å². The Bertz CT molecular complexity index is 480. The fraction of sp³-hybridized carbons (Fsp3) is 0.750. The van der Waals surface area contributed by atoms with Gasteiger partial charge >= 0.3 is 6.09 Å². The molecule has 1 N–H and O–H groups in total. The monoisotopic (exact) mass is 293 g/mol. The van der Waals surface area contributed by atoms with E-state index in [4.69, 9.17) is 4.74 Å². The number of rotatable bonds is 2. The highest BCUT2D eigenvalue weighted by atomic mass is 16.6. The minimum atomic E-state index is -0.427. The van der Waals surface area contributed by atoms with E-state index in [9.17, 15) is 4.79 Å². The first-order valence-corrected chi connectivity index (χ1v) is 7.79. The molecule has 5 heteroatoms. The van der Waals surface area contributed by atoms with E-state index in [1.807, 2.05) is 25.7 Å². The first kappa shape index (κ1) is 15.9. The number of likely N-dealkylation sites (tertiary alicyclic amines) is 1. The zero-order valence-corrected chi connectivity index (χ0v) is 13.8. The van der Waals surface area contributed by atoms with E-state index >= 15 is 0 Å². The zero-order chi connectivity index (χ0) is 15.6. The highest BCUT2D eigenvalue weighted by Gasteiger charge is 2.28. The lowest BCUT2D eigenvalue weighted by Gasteiger charge is -2.33.